The summed E-state index contributed by atoms with van der Waals surface area (Å²) in [5, 5.41) is 8.36. The number of hydrogen-bond acceptors (Lipinski definition) is 2. The van der Waals surface area contributed by atoms with Crippen LogP contribution >= 0.6 is 0 Å². The van der Waals surface area contributed by atoms with E-state index in [0.29, 0.717) is 0 Å². The van der Waals surface area contributed by atoms with Gasteiger partial charge in [-0.15, -0.1) is 0 Å². The van der Waals surface area contributed by atoms with Crippen LogP contribution in [0, 0.1) is 29.6 Å². The van der Waals surface area contributed by atoms with Crippen molar-refractivity contribution in [3.8, 4) is 0 Å². The predicted molar refractivity (Wildman–Crippen MR) is 72.9 cm³/mol. The molecule has 0 aromatic heterocycles. The van der Waals surface area contributed by atoms with E-state index in [-0.39, 0.29) is 28.6 Å². The summed E-state index contributed by atoms with van der Waals surface area (Å²) in [6.07, 6.45) is 1.17. The minimum absolute atomic E-state index is 0. The first-order chi connectivity index (χ1) is 7.68. The maximum Gasteiger partial charge on any atom is 0.155 e. The molecule has 0 aliphatic heterocycles. The van der Waals surface area contributed by atoms with Crippen LogP contribution in [-0.2, 0) is 21.9 Å². The van der Waals surface area contributed by atoms with E-state index in [0.717, 1.165) is 29.6 Å². The standard InChI is InChI=1S/C10H20.C5H8O2.Fe/c1-6-7(2)9(4)10(5)8(6)3;1-4(6)3-5(2)7;/h6-10H,1-5H3;3,6H,1-2H3;/b;4-3-;. The predicted octanol–water partition coefficient (Wildman–Crippen LogP) is 4.22. The Hall–Kier alpha value is -0.271. The summed E-state index contributed by atoms with van der Waals surface area (Å²) >= 11 is 0. The second kappa shape index (κ2) is 8.77. The van der Waals surface area contributed by atoms with Crippen LogP contribution < -0.4 is 0 Å². The smallest absolute Gasteiger partial charge is 0.155 e. The normalized spacial score (nSPS) is 35.3. The Kier molecular flexibility index (Phi) is 9.77. The number of carbonyl (C=O) groups excluding carboxylic acids is 1. The summed E-state index contributed by atoms with van der Waals surface area (Å²) in [7, 11) is 0. The third-order valence-corrected chi connectivity index (χ3v) is 4.56. The van der Waals surface area contributed by atoms with Crippen molar-refractivity contribution >= 4 is 5.78 Å². The van der Waals surface area contributed by atoms with E-state index >= 15 is 0 Å². The zero-order valence-electron chi connectivity index (χ0n) is 12.7. The van der Waals surface area contributed by atoms with E-state index in [1.807, 2.05) is 0 Å². The van der Waals surface area contributed by atoms with Gasteiger partial charge in [0.25, 0.3) is 0 Å². The summed E-state index contributed by atoms with van der Waals surface area (Å²) in [4.78, 5) is 10.0. The zero-order chi connectivity index (χ0) is 13.7. The molecule has 1 N–H and O–H groups in total. The third-order valence-electron chi connectivity index (χ3n) is 4.56. The first-order valence-corrected chi connectivity index (χ1v) is 6.56. The Balaban J connectivity index is 0. The summed E-state index contributed by atoms with van der Waals surface area (Å²) in [5.41, 5.74) is 0. The maximum absolute atomic E-state index is 10.0. The van der Waals surface area contributed by atoms with E-state index in [2.05, 4.69) is 34.6 Å². The number of aliphatic hydroxyl groups excluding tert-OH is 1. The van der Waals surface area contributed by atoms with Crippen LogP contribution in [0.5, 0.6) is 0 Å². The summed E-state index contributed by atoms with van der Waals surface area (Å²) in [6, 6.07) is 0. The Bertz CT molecular complexity index is 237. The van der Waals surface area contributed by atoms with Crippen LogP contribution in [0.15, 0.2) is 11.8 Å². The van der Waals surface area contributed by atoms with Crippen LogP contribution in [0.2, 0.25) is 0 Å². The fourth-order valence-corrected chi connectivity index (χ4v) is 2.69. The number of hydrogen-bond donors (Lipinski definition) is 1. The molecule has 18 heavy (non-hydrogen) atoms. The van der Waals surface area contributed by atoms with Gasteiger partial charge in [-0.05, 0) is 43.4 Å². The van der Waals surface area contributed by atoms with E-state index in [4.69, 9.17) is 5.11 Å². The fraction of sp³-hybridized carbons (Fsp3) is 0.800. The van der Waals surface area contributed by atoms with Crippen molar-refractivity contribution in [2.45, 2.75) is 48.5 Å². The average Bonchev–Trinajstić information content (AvgIpc) is 2.35. The Morgan fingerprint density at radius 3 is 1.11 bits per heavy atom. The first kappa shape index (κ1) is 20.1. The summed E-state index contributed by atoms with van der Waals surface area (Å²) < 4.78 is 0. The monoisotopic (exact) mass is 296 g/mol. The summed E-state index contributed by atoms with van der Waals surface area (Å²) in [6.45, 7) is 14.8. The molecule has 0 radical (unpaired) electrons. The van der Waals surface area contributed by atoms with Crippen LogP contribution in [0.4, 0.5) is 0 Å². The van der Waals surface area contributed by atoms with Gasteiger partial charge in [-0.1, -0.05) is 34.6 Å². The minimum Gasteiger partial charge on any atom is -0.512 e. The van der Waals surface area contributed by atoms with Crippen molar-refractivity contribution in [1.82, 2.24) is 0 Å². The second-order valence-electron chi connectivity index (χ2n) is 5.69. The molecule has 1 rings (SSSR count). The largest absolute Gasteiger partial charge is 0.512 e. The van der Waals surface area contributed by atoms with Gasteiger partial charge in [-0.2, -0.15) is 0 Å². The third kappa shape index (κ3) is 6.06. The Labute approximate surface area is 123 Å². The number of ketones is 1. The van der Waals surface area contributed by atoms with Crippen LogP contribution in [0.25, 0.3) is 0 Å². The van der Waals surface area contributed by atoms with Gasteiger partial charge in [0, 0.05) is 23.1 Å². The number of carbonyl (C=O) groups is 1. The SMILES string of the molecule is CC(=O)/C=C(/C)O.CC1C(C)C(C)C(C)C1C.[Fe]. The van der Waals surface area contributed by atoms with Gasteiger partial charge in [0.2, 0.25) is 0 Å². The molecule has 0 aromatic carbocycles. The molecule has 0 heterocycles. The molecule has 1 fully saturated rings. The van der Waals surface area contributed by atoms with E-state index < -0.39 is 0 Å². The molecule has 1 aliphatic rings. The van der Waals surface area contributed by atoms with Crippen molar-refractivity contribution in [2.24, 2.45) is 29.6 Å². The molecule has 2 nitrogen and oxygen atoms in total. The van der Waals surface area contributed by atoms with Crippen LogP contribution in [0.1, 0.15) is 48.5 Å². The molecular formula is C15H28FeO2. The van der Waals surface area contributed by atoms with Gasteiger partial charge in [-0.3, -0.25) is 4.79 Å². The number of allylic oxidation sites excluding steroid dienone is 2. The molecule has 108 valence electrons. The molecular weight excluding hydrogens is 268 g/mol. The van der Waals surface area contributed by atoms with E-state index in [9.17, 15) is 4.79 Å². The topological polar surface area (TPSA) is 37.3 Å². The molecule has 0 amide bonds. The molecule has 0 bridgehead atoms. The Morgan fingerprint density at radius 1 is 0.833 bits per heavy atom. The van der Waals surface area contributed by atoms with Gasteiger partial charge >= 0.3 is 0 Å². The number of rotatable bonds is 1. The maximum atomic E-state index is 10.0. The first-order valence-electron chi connectivity index (χ1n) is 6.56. The van der Waals surface area contributed by atoms with Gasteiger partial charge < -0.3 is 5.11 Å². The minimum atomic E-state index is -0.125. The average molecular weight is 296 g/mol. The quantitative estimate of drug-likeness (QED) is 0.447. The van der Waals surface area contributed by atoms with Crippen molar-refractivity contribution in [1.29, 1.82) is 0 Å². The van der Waals surface area contributed by atoms with Crippen molar-refractivity contribution in [2.75, 3.05) is 0 Å². The molecule has 0 unspecified atom stereocenters. The van der Waals surface area contributed by atoms with Crippen LogP contribution in [0.3, 0.4) is 0 Å². The molecule has 1 saturated carbocycles. The Morgan fingerprint density at radius 2 is 1.06 bits per heavy atom. The van der Waals surface area contributed by atoms with Crippen molar-refractivity contribution in [3.05, 3.63) is 11.8 Å². The zero-order valence-corrected chi connectivity index (χ0v) is 13.8. The van der Waals surface area contributed by atoms with Gasteiger partial charge in [0.05, 0.1) is 5.76 Å². The van der Waals surface area contributed by atoms with Gasteiger partial charge in [0.1, 0.15) is 0 Å². The van der Waals surface area contributed by atoms with E-state index in [1.165, 1.54) is 19.9 Å². The fourth-order valence-electron chi connectivity index (χ4n) is 2.69. The molecule has 1 aliphatic carbocycles. The molecule has 3 heteroatoms. The van der Waals surface area contributed by atoms with Crippen molar-refractivity contribution in [3.63, 3.8) is 0 Å². The van der Waals surface area contributed by atoms with E-state index in [1.54, 1.807) is 0 Å². The van der Waals surface area contributed by atoms with Crippen LogP contribution in [-0.4, -0.2) is 10.9 Å². The second-order valence-corrected chi connectivity index (χ2v) is 5.69. The number of aliphatic hydroxyl groups is 1. The molecule has 0 atom stereocenters. The molecule has 0 aromatic rings. The van der Waals surface area contributed by atoms with Gasteiger partial charge in [0.15, 0.2) is 5.78 Å². The molecule has 0 spiro atoms. The molecule has 0 saturated heterocycles. The summed E-state index contributed by atoms with van der Waals surface area (Å²) in [5.74, 6) is 4.61. The van der Waals surface area contributed by atoms with Gasteiger partial charge in [-0.25, -0.2) is 0 Å². The van der Waals surface area contributed by atoms with Crippen molar-refractivity contribution < 1.29 is 27.0 Å².